The lowest BCUT2D eigenvalue weighted by molar-refractivity contribution is 0.922. The van der Waals surface area contributed by atoms with Gasteiger partial charge in [0.15, 0.2) is 5.65 Å². The molecule has 0 atom stereocenters. The molecule has 4 N–H and O–H groups in total. The zero-order valence-electron chi connectivity index (χ0n) is 9.96. The number of hydrogen-bond donors (Lipinski definition) is 2. The van der Waals surface area contributed by atoms with E-state index in [1.165, 1.54) is 0 Å². The molecule has 0 aliphatic rings. The summed E-state index contributed by atoms with van der Waals surface area (Å²) in [5.74, 6) is 0.280. The van der Waals surface area contributed by atoms with E-state index in [4.69, 9.17) is 11.5 Å². The van der Waals surface area contributed by atoms with Crippen molar-refractivity contribution in [3.8, 4) is 11.1 Å². The van der Waals surface area contributed by atoms with Gasteiger partial charge < -0.3 is 11.5 Å². The summed E-state index contributed by atoms with van der Waals surface area (Å²) < 4.78 is 1.74. The van der Waals surface area contributed by atoms with Crippen molar-refractivity contribution >= 4 is 17.3 Å². The summed E-state index contributed by atoms with van der Waals surface area (Å²) in [6, 6.07) is 11.7. The van der Waals surface area contributed by atoms with Crippen molar-refractivity contribution < 1.29 is 0 Å². The molecule has 3 rings (SSSR count). The van der Waals surface area contributed by atoms with Crippen LogP contribution < -0.4 is 11.5 Å². The quantitative estimate of drug-likeness (QED) is 0.635. The maximum absolute atomic E-state index is 5.81. The summed E-state index contributed by atoms with van der Waals surface area (Å²) in [7, 11) is 0. The molecule has 0 aliphatic heterocycles. The van der Waals surface area contributed by atoms with E-state index in [0.717, 1.165) is 28.2 Å². The number of anilines is 2. The molecule has 5 nitrogen and oxygen atoms in total. The fourth-order valence-electron chi connectivity index (χ4n) is 2.10. The summed E-state index contributed by atoms with van der Waals surface area (Å²) in [6.45, 7) is 1.99. The van der Waals surface area contributed by atoms with E-state index in [-0.39, 0.29) is 5.95 Å². The third-order valence-electron chi connectivity index (χ3n) is 2.95. The summed E-state index contributed by atoms with van der Waals surface area (Å²) in [4.78, 5) is 4.13. The van der Waals surface area contributed by atoms with E-state index >= 15 is 0 Å². The lowest BCUT2D eigenvalue weighted by Gasteiger charge is -2.07. The highest BCUT2D eigenvalue weighted by atomic mass is 15.3. The number of nitrogen functional groups attached to an aromatic ring is 2. The van der Waals surface area contributed by atoms with Crippen molar-refractivity contribution in [2.45, 2.75) is 6.92 Å². The summed E-state index contributed by atoms with van der Waals surface area (Å²) >= 11 is 0. The summed E-state index contributed by atoms with van der Waals surface area (Å²) in [5, 5.41) is 4.17. The van der Waals surface area contributed by atoms with Crippen LogP contribution in [-0.2, 0) is 0 Å². The lowest BCUT2D eigenvalue weighted by atomic mass is 10.0. The van der Waals surface area contributed by atoms with Crippen molar-refractivity contribution in [3.05, 3.63) is 42.1 Å². The van der Waals surface area contributed by atoms with Gasteiger partial charge in [-0.15, -0.1) is 5.10 Å². The second kappa shape index (κ2) is 3.73. The van der Waals surface area contributed by atoms with Crippen LogP contribution in [0.15, 0.2) is 36.4 Å². The SMILES string of the molecule is Cc1c(-c2cccc(N)c2)ccc2nc(N)nn12. The van der Waals surface area contributed by atoms with E-state index in [1.807, 2.05) is 43.3 Å². The summed E-state index contributed by atoms with van der Waals surface area (Å²) in [6.07, 6.45) is 0. The normalized spacial score (nSPS) is 10.9. The van der Waals surface area contributed by atoms with E-state index in [1.54, 1.807) is 4.52 Å². The van der Waals surface area contributed by atoms with Gasteiger partial charge in [0, 0.05) is 16.9 Å². The van der Waals surface area contributed by atoms with Crippen molar-refractivity contribution in [2.24, 2.45) is 0 Å². The topological polar surface area (TPSA) is 82.2 Å². The van der Waals surface area contributed by atoms with E-state index in [2.05, 4.69) is 10.1 Å². The van der Waals surface area contributed by atoms with Crippen LogP contribution in [-0.4, -0.2) is 14.6 Å². The van der Waals surface area contributed by atoms with Gasteiger partial charge in [0.2, 0.25) is 5.95 Å². The molecule has 90 valence electrons. The molecule has 5 heteroatoms. The van der Waals surface area contributed by atoms with Crippen molar-refractivity contribution in [3.63, 3.8) is 0 Å². The van der Waals surface area contributed by atoms with Crippen LogP contribution in [0.5, 0.6) is 0 Å². The second-order valence-electron chi connectivity index (χ2n) is 4.20. The Morgan fingerprint density at radius 1 is 1.11 bits per heavy atom. The second-order valence-corrected chi connectivity index (χ2v) is 4.20. The van der Waals surface area contributed by atoms with Gasteiger partial charge >= 0.3 is 0 Å². The Balaban J connectivity index is 2.26. The first-order chi connectivity index (χ1) is 8.65. The highest BCUT2D eigenvalue weighted by molar-refractivity contribution is 5.70. The Morgan fingerprint density at radius 3 is 2.72 bits per heavy atom. The highest BCUT2D eigenvalue weighted by Crippen LogP contribution is 2.25. The van der Waals surface area contributed by atoms with Crippen molar-refractivity contribution in [2.75, 3.05) is 11.5 Å². The molecule has 3 aromatic rings. The zero-order chi connectivity index (χ0) is 12.7. The maximum Gasteiger partial charge on any atom is 0.240 e. The molecule has 18 heavy (non-hydrogen) atoms. The molecule has 0 fully saturated rings. The Bertz CT molecular complexity index is 729. The molecule has 0 spiro atoms. The maximum atomic E-state index is 5.81. The number of fused-ring (bicyclic) bond motifs is 1. The number of nitrogens with two attached hydrogens (primary N) is 2. The van der Waals surface area contributed by atoms with Crippen LogP contribution >= 0.6 is 0 Å². The molecule has 0 radical (unpaired) electrons. The molecule has 1 aromatic carbocycles. The first kappa shape index (κ1) is 10.6. The molecular formula is C13H13N5. The van der Waals surface area contributed by atoms with E-state index in [0.29, 0.717) is 0 Å². The molecule has 2 heterocycles. The van der Waals surface area contributed by atoms with Crippen LogP contribution in [0.2, 0.25) is 0 Å². The Hall–Kier alpha value is -2.56. The Labute approximate surface area is 104 Å². The third-order valence-corrected chi connectivity index (χ3v) is 2.95. The minimum atomic E-state index is 0.280. The molecule has 0 saturated carbocycles. The van der Waals surface area contributed by atoms with Crippen LogP contribution in [0.3, 0.4) is 0 Å². The molecule has 0 amide bonds. The van der Waals surface area contributed by atoms with E-state index < -0.39 is 0 Å². The largest absolute Gasteiger partial charge is 0.399 e. The standard InChI is InChI=1S/C13H13N5/c1-8-11(9-3-2-4-10(14)7-9)5-6-12-16-13(15)17-18(8)12/h2-7H,14H2,1H3,(H2,15,17). The number of pyridine rings is 1. The van der Waals surface area contributed by atoms with Gasteiger partial charge in [0.25, 0.3) is 0 Å². The Morgan fingerprint density at radius 2 is 1.94 bits per heavy atom. The molecular weight excluding hydrogens is 226 g/mol. The average Bonchev–Trinajstić information content (AvgIpc) is 2.71. The molecule has 0 saturated heterocycles. The number of nitrogens with zero attached hydrogens (tertiary/aromatic N) is 3. The number of aromatic nitrogens is 3. The monoisotopic (exact) mass is 239 g/mol. The molecule has 0 aliphatic carbocycles. The van der Waals surface area contributed by atoms with Gasteiger partial charge in [-0.1, -0.05) is 12.1 Å². The predicted molar refractivity (Wildman–Crippen MR) is 72.0 cm³/mol. The number of aryl methyl sites for hydroxylation is 1. The van der Waals surface area contributed by atoms with Gasteiger partial charge in [-0.2, -0.15) is 4.98 Å². The smallest absolute Gasteiger partial charge is 0.240 e. The van der Waals surface area contributed by atoms with Crippen molar-refractivity contribution in [1.29, 1.82) is 0 Å². The van der Waals surface area contributed by atoms with Crippen LogP contribution in [0, 0.1) is 6.92 Å². The third kappa shape index (κ3) is 1.57. The van der Waals surface area contributed by atoms with Gasteiger partial charge in [0.05, 0.1) is 0 Å². The fourth-order valence-corrected chi connectivity index (χ4v) is 2.10. The highest BCUT2D eigenvalue weighted by Gasteiger charge is 2.08. The minimum absolute atomic E-state index is 0.280. The summed E-state index contributed by atoms with van der Waals surface area (Å²) in [5.41, 5.74) is 16.0. The van der Waals surface area contributed by atoms with Gasteiger partial charge in [-0.3, -0.25) is 0 Å². The first-order valence-electron chi connectivity index (χ1n) is 5.63. The minimum Gasteiger partial charge on any atom is -0.399 e. The van der Waals surface area contributed by atoms with Crippen LogP contribution in [0.4, 0.5) is 11.6 Å². The molecule has 2 aromatic heterocycles. The van der Waals surface area contributed by atoms with Crippen molar-refractivity contribution in [1.82, 2.24) is 14.6 Å². The van der Waals surface area contributed by atoms with Gasteiger partial charge in [-0.25, -0.2) is 4.52 Å². The molecule has 0 bridgehead atoms. The fraction of sp³-hybridized carbons (Fsp3) is 0.0769. The Kier molecular flexibility index (Phi) is 2.19. The van der Waals surface area contributed by atoms with Gasteiger partial charge in [-0.05, 0) is 36.8 Å². The van der Waals surface area contributed by atoms with Crippen LogP contribution in [0.1, 0.15) is 5.69 Å². The lowest BCUT2D eigenvalue weighted by Crippen LogP contribution is -1.97. The van der Waals surface area contributed by atoms with Crippen LogP contribution in [0.25, 0.3) is 16.8 Å². The number of hydrogen-bond acceptors (Lipinski definition) is 4. The predicted octanol–water partition coefficient (Wildman–Crippen LogP) is 1.87. The first-order valence-corrected chi connectivity index (χ1v) is 5.63. The van der Waals surface area contributed by atoms with Gasteiger partial charge in [0.1, 0.15) is 0 Å². The number of benzene rings is 1. The molecule has 0 unspecified atom stereocenters. The zero-order valence-corrected chi connectivity index (χ0v) is 9.96. The average molecular weight is 239 g/mol. The van der Waals surface area contributed by atoms with E-state index in [9.17, 15) is 0 Å². The number of rotatable bonds is 1.